The van der Waals surface area contributed by atoms with Crippen molar-refractivity contribution < 1.29 is 0 Å². The lowest BCUT2D eigenvalue weighted by Gasteiger charge is -2.24. The van der Waals surface area contributed by atoms with Gasteiger partial charge in [0.2, 0.25) is 0 Å². The van der Waals surface area contributed by atoms with Crippen molar-refractivity contribution in [3.8, 4) is 0 Å². The van der Waals surface area contributed by atoms with Crippen molar-refractivity contribution >= 4 is 0 Å². The minimum Gasteiger partial charge on any atom is -0.300 e. The van der Waals surface area contributed by atoms with E-state index in [0.717, 1.165) is 0 Å². The molecule has 0 aliphatic carbocycles. The Labute approximate surface area is 77.1 Å². The molecule has 0 aliphatic rings. The van der Waals surface area contributed by atoms with Crippen LogP contribution >= 0.6 is 0 Å². The Balaban J connectivity index is 3.69. The van der Waals surface area contributed by atoms with Gasteiger partial charge in [0.15, 0.2) is 0 Å². The van der Waals surface area contributed by atoms with Gasteiger partial charge in [-0.1, -0.05) is 13.3 Å². The monoisotopic (exact) mass is 172 g/mol. The molecule has 0 amide bonds. The standard InChI is InChI=1S/C10H24N2/c1-6-7-10(11-8(2)3)12-9(4)5/h8-12H,6-7H2,1-5H3. The Morgan fingerprint density at radius 3 is 1.58 bits per heavy atom. The molecule has 2 nitrogen and oxygen atoms in total. The summed E-state index contributed by atoms with van der Waals surface area (Å²) >= 11 is 0. The Bertz CT molecular complexity index is 90.0. The second kappa shape index (κ2) is 6.44. The fourth-order valence-corrected chi connectivity index (χ4v) is 1.31. The number of rotatable bonds is 6. The van der Waals surface area contributed by atoms with Crippen LogP contribution in [-0.4, -0.2) is 18.2 Å². The molecule has 0 radical (unpaired) electrons. The zero-order valence-electron chi connectivity index (χ0n) is 9.15. The molecule has 12 heavy (non-hydrogen) atoms. The first kappa shape index (κ1) is 11.9. The largest absolute Gasteiger partial charge is 0.300 e. The molecule has 74 valence electrons. The summed E-state index contributed by atoms with van der Waals surface area (Å²) in [5.41, 5.74) is 0. The molecule has 2 heteroatoms. The summed E-state index contributed by atoms with van der Waals surface area (Å²) in [5, 5.41) is 7.00. The zero-order chi connectivity index (χ0) is 9.56. The summed E-state index contributed by atoms with van der Waals surface area (Å²) < 4.78 is 0. The Morgan fingerprint density at radius 1 is 0.917 bits per heavy atom. The van der Waals surface area contributed by atoms with Gasteiger partial charge in [-0.3, -0.25) is 10.6 Å². The first-order valence-corrected chi connectivity index (χ1v) is 5.08. The summed E-state index contributed by atoms with van der Waals surface area (Å²) in [6.07, 6.45) is 2.91. The zero-order valence-corrected chi connectivity index (χ0v) is 9.15. The van der Waals surface area contributed by atoms with Gasteiger partial charge >= 0.3 is 0 Å². The highest BCUT2D eigenvalue weighted by Crippen LogP contribution is 1.96. The van der Waals surface area contributed by atoms with E-state index in [-0.39, 0.29) is 0 Å². The highest BCUT2D eigenvalue weighted by molar-refractivity contribution is 4.68. The topological polar surface area (TPSA) is 24.1 Å². The number of hydrogen-bond acceptors (Lipinski definition) is 2. The van der Waals surface area contributed by atoms with Gasteiger partial charge in [0.05, 0.1) is 6.17 Å². The lowest BCUT2D eigenvalue weighted by molar-refractivity contribution is 0.346. The summed E-state index contributed by atoms with van der Waals surface area (Å²) in [4.78, 5) is 0. The molecule has 0 aromatic heterocycles. The summed E-state index contributed by atoms with van der Waals surface area (Å²) in [6, 6.07) is 1.13. The van der Waals surface area contributed by atoms with E-state index in [9.17, 15) is 0 Å². The third-order valence-corrected chi connectivity index (χ3v) is 1.65. The molecule has 0 rings (SSSR count). The van der Waals surface area contributed by atoms with Crippen LogP contribution in [0, 0.1) is 0 Å². The number of nitrogens with one attached hydrogen (secondary N) is 2. The maximum absolute atomic E-state index is 3.50. The fourth-order valence-electron chi connectivity index (χ4n) is 1.31. The lowest BCUT2D eigenvalue weighted by atomic mass is 10.2. The maximum Gasteiger partial charge on any atom is 0.0575 e. The van der Waals surface area contributed by atoms with Crippen molar-refractivity contribution in [3.63, 3.8) is 0 Å². The highest BCUT2D eigenvalue weighted by atomic mass is 15.1. The van der Waals surface area contributed by atoms with E-state index in [1.165, 1.54) is 12.8 Å². The van der Waals surface area contributed by atoms with Gasteiger partial charge in [-0.2, -0.15) is 0 Å². The van der Waals surface area contributed by atoms with Crippen LogP contribution in [-0.2, 0) is 0 Å². The van der Waals surface area contributed by atoms with Crippen molar-refractivity contribution in [1.29, 1.82) is 0 Å². The Hall–Kier alpha value is -0.0800. The smallest absolute Gasteiger partial charge is 0.0575 e. The second-order valence-corrected chi connectivity index (χ2v) is 3.98. The van der Waals surface area contributed by atoms with Crippen molar-refractivity contribution in [1.82, 2.24) is 10.6 Å². The third-order valence-electron chi connectivity index (χ3n) is 1.65. The van der Waals surface area contributed by atoms with Crippen LogP contribution in [0.25, 0.3) is 0 Å². The molecule has 0 bridgehead atoms. The quantitative estimate of drug-likeness (QED) is 0.600. The predicted molar refractivity (Wildman–Crippen MR) is 55.2 cm³/mol. The second-order valence-electron chi connectivity index (χ2n) is 3.98. The molecule has 0 fully saturated rings. The molecule has 0 atom stereocenters. The molecule has 0 aromatic carbocycles. The first-order valence-electron chi connectivity index (χ1n) is 5.08. The average molecular weight is 172 g/mol. The van der Waals surface area contributed by atoms with Crippen LogP contribution in [0.3, 0.4) is 0 Å². The van der Waals surface area contributed by atoms with E-state index in [1.807, 2.05) is 0 Å². The van der Waals surface area contributed by atoms with Gasteiger partial charge in [-0.15, -0.1) is 0 Å². The van der Waals surface area contributed by atoms with E-state index in [4.69, 9.17) is 0 Å². The van der Waals surface area contributed by atoms with Gasteiger partial charge in [0.1, 0.15) is 0 Å². The molecule has 0 spiro atoms. The Morgan fingerprint density at radius 2 is 1.33 bits per heavy atom. The van der Waals surface area contributed by atoms with Crippen LogP contribution < -0.4 is 10.6 Å². The van der Waals surface area contributed by atoms with E-state index in [1.54, 1.807) is 0 Å². The van der Waals surface area contributed by atoms with Gasteiger partial charge in [-0.05, 0) is 34.1 Å². The third kappa shape index (κ3) is 6.62. The van der Waals surface area contributed by atoms with Gasteiger partial charge in [-0.25, -0.2) is 0 Å². The van der Waals surface area contributed by atoms with Crippen LogP contribution in [0.1, 0.15) is 47.5 Å². The average Bonchev–Trinajstić information content (AvgIpc) is 1.84. The van der Waals surface area contributed by atoms with Crippen molar-refractivity contribution in [2.75, 3.05) is 0 Å². The summed E-state index contributed by atoms with van der Waals surface area (Å²) in [6.45, 7) is 11.0. The van der Waals surface area contributed by atoms with Crippen molar-refractivity contribution in [3.05, 3.63) is 0 Å². The van der Waals surface area contributed by atoms with E-state index in [2.05, 4.69) is 45.3 Å². The molecule has 0 aliphatic heterocycles. The normalized spacial score (nSPS) is 12.0. The van der Waals surface area contributed by atoms with E-state index in [0.29, 0.717) is 18.2 Å². The minimum atomic E-state index is 0.481. The molecule has 0 unspecified atom stereocenters. The lowest BCUT2D eigenvalue weighted by Crippen LogP contribution is -2.48. The predicted octanol–water partition coefficient (Wildman–Crippen LogP) is 2.11. The van der Waals surface area contributed by atoms with Gasteiger partial charge in [0, 0.05) is 12.1 Å². The summed E-state index contributed by atoms with van der Waals surface area (Å²) in [7, 11) is 0. The van der Waals surface area contributed by atoms with E-state index >= 15 is 0 Å². The van der Waals surface area contributed by atoms with E-state index < -0.39 is 0 Å². The molecular weight excluding hydrogens is 148 g/mol. The van der Waals surface area contributed by atoms with Crippen LogP contribution in [0.5, 0.6) is 0 Å². The molecule has 0 aromatic rings. The molecule has 0 heterocycles. The highest BCUT2D eigenvalue weighted by Gasteiger charge is 2.08. The maximum atomic E-state index is 3.50. The van der Waals surface area contributed by atoms with Crippen LogP contribution in [0.2, 0.25) is 0 Å². The SMILES string of the molecule is CCCC(NC(C)C)NC(C)C. The van der Waals surface area contributed by atoms with Crippen molar-refractivity contribution in [2.45, 2.75) is 65.7 Å². The molecular formula is C10H24N2. The van der Waals surface area contributed by atoms with Crippen molar-refractivity contribution in [2.24, 2.45) is 0 Å². The summed E-state index contributed by atoms with van der Waals surface area (Å²) in [5.74, 6) is 0. The van der Waals surface area contributed by atoms with Crippen LogP contribution in [0.15, 0.2) is 0 Å². The first-order chi connectivity index (χ1) is 5.56. The fraction of sp³-hybridized carbons (Fsp3) is 1.00. The minimum absolute atomic E-state index is 0.481. The molecule has 2 N–H and O–H groups in total. The van der Waals surface area contributed by atoms with Crippen LogP contribution in [0.4, 0.5) is 0 Å². The number of hydrogen-bond donors (Lipinski definition) is 2. The van der Waals surface area contributed by atoms with Gasteiger partial charge < -0.3 is 0 Å². The Kier molecular flexibility index (Phi) is 6.39. The molecule has 0 saturated carbocycles. The molecule has 0 saturated heterocycles. The van der Waals surface area contributed by atoms with Gasteiger partial charge in [0.25, 0.3) is 0 Å².